The van der Waals surface area contributed by atoms with Crippen molar-refractivity contribution in [1.29, 1.82) is 0 Å². The van der Waals surface area contributed by atoms with Crippen LogP contribution in [0, 0.1) is 17.0 Å². The molecule has 0 saturated heterocycles. The molecule has 0 fully saturated rings. The molecule has 1 N–H and O–H groups in total. The molecule has 0 radical (unpaired) electrons. The lowest BCUT2D eigenvalue weighted by Gasteiger charge is -2.07. The number of nitro benzene ring substituents is 1. The number of hydrogen-bond donors (Lipinski definition) is 1. The van der Waals surface area contributed by atoms with Crippen molar-refractivity contribution in [3.05, 3.63) is 57.9 Å². The number of nitrogens with one attached hydrogen (secondary N) is 1. The molecule has 0 aliphatic heterocycles. The van der Waals surface area contributed by atoms with E-state index in [2.05, 4.69) is 10.3 Å². The number of pyridine rings is 1. The molecule has 1 heterocycles. The first-order valence-electron chi connectivity index (χ1n) is 6.12. The summed E-state index contributed by atoms with van der Waals surface area (Å²) in [4.78, 5) is 25.7. The Balaban J connectivity index is 2.24. The number of benzene rings is 1. The van der Waals surface area contributed by atoms with E-state index in [9.17, 15) is 14.9 Å². The number of nitro groups is 1. The van der Waals surface area contributed by atoms with Crippen LogP contribution in [0.2, 0.25) is 0 Å². The van der Waals surface area contributed by atoms with Gasteiger partial charge in [-0.2, -0.15) is 0 Å². The SMILES string of the molecule is CNC(=O)c1cc(Oc2ccc([N+](=O)[O-])c(C)c2)ccn1. The van der Waals surface area contributed by atoms with Crippen molar-refractivity contribution in [3.8, 4) is 11.5 Å². The molecule has 0 unspecified atom stereocenters. The Labute approximate surface area is 120 Å². The fourth-order valence-electron chi connectivity index (χ4n) is 1.76. The minimum atomic E-state index is -0.449. The summed E-state index contributed by atoms with van der Waals surface area (Å²) in [5.74, 6) is 0.560. The molecule has 0 bridgehead atoms. The number of aryl methyl sites for hydroxylation is 1. The summed E-state index contributed by atoms with van der Waals surface area (Å²) in [5, 5.41) is 13.2. The lowest BCUT2D eigenvalue weighted by Crippen LogP contribution is -2.18. The highest BCUT2D eigenvalue weighted by Gasteiger charge is 2.12. The van der Waals surface area contributed by atoms with Gasteiger partial charge in [-0.1, -0.05) is 0 Å². The number of rotatable bonds is 4. The van der Waals surface area contributed by atoms with E-state index < -0.39 is 4.92 Å². The number of carbonyl (C=O) groups is 1. The first-order valence-corrected chi connectivity index (χ1v) is 6.12. The van der Waals surface area contributed by atoms with Crippen molar-refractivity contribution in [2.45, 2.75) is 6.92 Å². The fraction of sp³-hybridized carbons (Fsp3) is 0.143. The van der Waals surface area contributed by atoms with Crippen molar-refractivity contribution in [2.75, 3.05) is 7.05 Å². The first-order chi connectivity index (χ1) is 10.0. The minimum absolute atomic E-state index is 0.0307. The summed E-state index contributed by atoms with van der Waals surface area (Å²) in [6, 6.07) is 7.55. The second-order valence-electron chi connectivity index (χ2n) is 4.26. The van der Waals surface area contributed by atoms with Crippen LogP contribution in [0.3, 0.4) is 0 Å². The predicted octanol–water partition coefficient (Wildman–Crippen LogP) is 2.45. The number of amides is 1. The second kappa shape index (κ2) is 6.00. The van der Waals surface area contributed by atoms with E-state index in [0.29, 0.717) is 17.1 Å². The number of aromatic nitrogens is 1. The third kappa shape index (κ3) is 3.33. The molecule has 2 rings (SSSR count). The van der Waals surface area contributed by atoms with Gasteiger partial charge in [0, 0.05) is 30.9 Å². The fourth-order valence-corrected chi connectivity index (χ4v) is 1.76. The molecule has 21 heavy (non-hydrogen) atoms. The highest BCUT2D eigenvalue weighted by atomic mass is 16.6. The van der Waals surface area contributed by atoms with Crippen LogP contribution in [-0.4, -0.2) is 22.9 Å². The Hall–Kier alpha value is -2.96. The zero-order chi connectivity index (χ0) is 15.4. The molecular weight excluding hydrogens is 274 g/mol. The molecule has 2 aromatic rings. The average molecular weight is 287 g/mol. The topological polar surface area (TPSA) is 94.4 Å². The van der Waals surface area contributed by atoms with Gasteiger partial charge in [0.2, 0.25) is 0 Å². The smallest absolute Gasteiger partial charge is 0.272 e. The van der Waals surface area contributed by atoms with Gasteiger partial charge in [-0.25, -0.2) is 0 Å². The maximum Gasteiger partial charge on any atom is 0.272 e. The highest BCUT2D eigenvalue weighted by Crippen LogP contribution is 2.27. The number of carbonyl (C=O) groups excluding carboxylic acids is 1. The summed E-state index contributed by atoms with van der Waals surface area (Å²) in [5.41, 5.74) is 0.759. The van der Waals surface area contributed by atoms with Crippen LogP contribution < -0.4 is 10.1 Å². The maximum absolute atomic E-state index is 11.5. The molecule has 0 atom stereocenters. The van der Waals surface area contributed by atoms with Crippen LogP contribution in [0.5, 0.6) is 11.5 Å². The van der Waals surface area contributed by atoms with Crippen LogP contribution in [0.25, 0.3) is 0 Å². The normalized spacial score (nSPS) is 10.0. The summed E-state index contributed by atoms with van der Waals surface area (Å²) >= 11 is 0. The third-order valence-electron chi connectivity index (χ3n) is 2.79. The second-order valence-corrected chi connectivity index (χ2v) is 4.26. The molecule has 0 spiro atoms. The number of hydrogen-bond acceptors (Lipinski definition) is 5. The van der Waals surface area contributed by atoms with Crippen molar-refractivity contribution < 1.29 is 14.5 Å². The lowest BCUT2D eigenvalue weighted by molar-refractivity contribution is -0.385. The first kappa shape index (κ1) is 14.4. The summed E-state index contributed by atoms with van der Waals surface area (Å²) in [6.45, 7) is 1.63. The Kier molecular flexibility index (Phi) is 4.13. The Morgan fingerprint density at radius 2 is 2.00 bits per heavy atom. The molecule has 1 aromatic carbocycles. The van der Waals surface area contributed by atoms with Gasteiger partial charge >= 0.3 is 0 Å². The van der Waals surface area contributed by atoms with E-state index in [1.807, 2.05) is 0 Å². The van der Waals surface area contributed by atoms with Crippen LogP contribution in [-0.2, 0) is 0 Å². The van der Waals surface area contributed by atoms with Gasteiger partial charge in [-0.3, -0.25) is 19.9 Å². The molecule has 1 amide bonds. The van der Waals surface area contributed by atoms with Gasteiger partial charge in [0.05, 0.1) is 4.92 Å². The van der Waals surface area contributed by atoms with E-state index in [4.69, 9.17) is 4.74 Å². The van der Waals surface area contributed by atoms with E-state index in [-0.39, 0.29) is 17.3 Å². The van der Waals surface area contributed by atoms with Crippen molar-refractivity contribution in [3.63, 3.8) is 0 Å². The van der Waals surface area contributed by atoms with Gasteiger partial charge in [-0.05, 0) is 25.1 Å². The van der Waals surface area contributed by atoms with E-state index in [1.54, 1.807) is 19.1 Å². The molecule has 0 aliphatic carbocycles. The van der Waals surface area contributed by atoms with E-state index in [0.717, 1.165) is 0 Å². The van der Waals surface area contributed by atoms with Gasteiger partial charge in [0.25, 0.3) is 11.6 Å². The molecule has 108 valence electrons. The maximum atomic E-state index is 11.5. The predicted molar refractivity (Wildman–Crippen MR) is 75.5 cm³/mol. The Morgan fingerprint density at radius 1 is 1.29 bits per heavy atom. The van der Waals surface area contributed by atoms with Gasteiger partial charge in [0.1, 0.15) is 17.2 Å². The van der Waals surface area contributed by atoms with E-state index >= 15 is 0 Å². The van der Waals surface area contributed by atoms with Crippen LogP contribution in [0.4, 0.5) is 5.69 Å². The van der Waals surface area contributed by atoms with Crippen LogP contribution in [0.15, 0.2) is 36.5 Å². The van der Waals surface area contributed by atoms with E-state index in [1.165, 1.54) is 31.4 Å². The Bertz CT molecular complexity index is 700. The monoisotopic (exact) mass is 287 g/mol. The van der Waals surface area contributed by atoms with Crippen LogP contribution >= 0.6 is 0 Å². The van der Waals surface area contributed by atoms with Gasteiger partial charge in [-0.15, -0.1) is 0 Å². The molecule has 7 nitrogen and oxygen atoms in total. The summed E-state index contributed by atoms with van der Waals surface area (Å²) in [7, 11) is 1.51. The largest absolute Gasteiger partial charge is 0.457 e. The molecule has 1 aromatic heterocycles. The molecule has 0 aliphatic rings. The molecule has 7 heteroatoms. The van der Waals surface area contributed by atoms with Gasteiger partial charge in [0.15, 0.2) is 0 Å². The Morgan fingerprint density at radius 3 is 2.62 bits per heavy atom. The van der Waals surface area contributed by atoms with Crippen molar-refractivity contribution in [1.82, 2.24) is 10.3 Å². The zero-order valence-electron chi connectivity index (χ0n) is 11.5. The quantitative estimate of drug-likeness (QED) is 0.688. The zero-order valence-corrected chi connectivity index (χ0v) is 11.5. The standard InChI is InChI=1S/C14H13N3O4/c1-9-7-10(3-4-13(9)17(19)20)21-11-5-6-16-12(8-11)14(18)15-2/h3-8H,1-2H3,(H,15,18). The van der Waals surface area contributed by atoms with Gasteiger partial charge < -0.3 is 10.1 Å². The molecule has 0 saturated carbocycles. The minimum Gasteiger partial charge on any atom is -0.457 e. The van der Waals surface area contributed by atoms with Crippen LogP contribution in [0.1, 0.15) is 16.1 Å². The lowest BCUT2D eigenvalue weighted by atomic mass is 10.2. The van der Waals surface area contributed by atoms with Crippen molar-refractivity contribution in [2.24, 2.45) is 0 Å². The number of nitrogens with zero attached hydrogens (tertiary/aromatic N) is 2. The average Bonchev–Trinajstić information content (AvgIpc) is 2.46. The third-order valence-corrected chi connectivity index (χ3v) is 2.79. The van der Waals surface area contributed by atoms with Crippen molar-refractivity contribution >= 4 is 11.6 Å². The number of ether oxygens (including phenoxy) is 1. The summed E-state index contributed by atoms with van der Waals surface area (Å²) < 4.78 is 5.59. The highest BCUT2D eigenvalue weighted by molar-refractivity contribution is 5.92. The molecular formula is C14H13N3O4. The summed E-state index contributed by atoms with van der Waals surface area (Å²) in [6.07, 6.45) is 1.46.